The lowest BCUT2D eigenvalue weighted by Crippen LogP contribution is -2.56. The number of phenols is 2. The number of hydrogen-bond donors (Lipinski definition) is 2. The van der Waals surface area contributed by atoms with Gasteiger partial charge in [-0.1, -0.05) is 82.1 Å². The lowest BCUT2D eigenvalue weighted by atomic mass is 9.47. The quantitative estimate of drug-likeness (QED) is 0.330. The first-order chi connectivity index (χ1) is 21.2. The molecule has 4 aliphatic carbocycles. The number of fused-ring (bicyclic) bond motifs is 6. The highest BCUT2D eigenvalue weighted by Crippen LogP contribution is 2.64. The number of carbonyl (C=O) groups excluding carboxylic acids is 4. The van der Waals surface area contributed by atoms with E-state index in [0.717, 1.165) is 25.7 Å². The molecule has 6 heteroatoms. The molecule has 246 valence electrons. The van der Waals surface area contributed by atoms with Gasteiger partial charge in [0.1, 0.15) is 11.5 Å². The average Bonchev–Trinajstić information content (AvgIpc) is 2.93. The van der Waals surface area contributed by atoms with Gasteiger partial charge in [0.15, 0.2) is 0 Å². The number of phenolic OH excluding ortho intramolecular Hbond substituents is 2. The van der Waals surface area contributed by atoms with Crippen LogP contribution in [-0.2, 0) is 20.4 Å². The van der Waals surface area contributed by atoms with Crippen LogP contribution >= 0.6 is 0 Å². The summed E-state index contributed by atoms with van der Waals surface area (Å²) in [5, 5.41) is 24.9. The van der Waals surface area contributed by atoms with E-state index < -0.39 is 56.6 Å². The molecule has 0 bridgehead atoms. The van der Waals surface area contributed by atoms with Crippen LogP contribution in [0.1, 0.15) is 163 Å². The molecule has 2 saturated carbocycles. The standard InChI is InChI=1S/C40H50O6/c1-19(2)21-17-23-27(39(9)15-11-13-37(5,6)35(39)33(45)31(23)43)25(29(21)41)26-28-24(18-22(20(3)4)30(26)42)32(44)34(46)36-38(7,8)14-12-16-40(28,36)10/h17-20,35-36,41-42H,11-16H2,1-10H3/t35-,36-,39+,40+/m0/s1. The third-order valence-corrected chi connectivity index (χ3v) is 12.6. The van der Waals surface area contributed by atoms with Gasteiger partial charge < -0.3 is 10.2 Å². The van der Waals surface area contributed by atoms with Gasteiger partial charge >= 0.3 is 0 Å². The normalized spacial score (nSPS) is 29.8. The summed E-state index contributed by atoms with van der Waals surface area (Å²) in [6.07, 6.45) is 4.54. The zero-order valence-electron chi connectivity index (χ0n) is 29.2. The zero-order valence-corrected chi connectivity index (χ0v) is 29.2. The van der Waals surface area contributed by atoms with Crippen LogP contribution in [0.25, 0.3) is 11.1 Å². The smallest absolute Gasteiger partial charge is 0.229 e. The van der Waals surface area contributed by atoms with Crippen molar-refractivity contribution in [3.05, 3.63) is 45.5 Å². The fraction of sp³-hybridized carbons (Fsp3) is 0.600. The van der Waals surface area contributed by atoms with Gasteiger partial charge in [0.2, 0.25) is 23.1 Å². The van der Waals surface area contributed by atoms with E-state index in [9.17, 15) is 29.4 Å². The largest absolute Gasteiger partial charge is 0.507 e. The van der Waals surface area contributed by atoms with E-state index in [1.165, 1.54) is 0 Å². The predicted octanol–water partition coefficient (Wildman–Crippen LogP) is 8.71. The molecule has 2 aromatic rings. The van der Waals surface area contributed by atoms with Gasteiger partial charge in [-0.2, -0.15) is 0 Å². The van der Waals surface area contributed by atoms with Crippen molar-refractivity contribution in [2.45, 2.75) is 130 Å². The lowest BCUT2D eigenvalue weighted by Gasteiger charge is -2.54. The first-order valence-corrected chi connectivity index (χ1v) is 17.2. The monoisotopic (exact) mass is 626 g/mol. The predicted molar refractivity (Wildman–Crippen MR) is 179 cm³/mol. The number of benzene rings is 2. The molecule has 2 N–H and O–H groups in total. The van der Waals surface area contributed by atoms with Crippen LogP contribution in [-0.4, -0.2) is 33.3 Å². The molecule has 0 saturated heterocycles. The zero-order chi connectivity index (χ0) is 34.0. The fourth-order valence-electron chi connectivity index (χ4n) is 10.8. The van der Waals surface area contributed by atoms with Gasteiger partial charge in [-0.3, -0.25) is 19.2 Å². The highest BCUT2D eigenvalue weighted by atomic mass is 16.3. The van der Waals surface area contributed by atoms with E-state index in [1.54, 1.807) is 12.1 Å². The van der Waals surface area contributed by atoms with Crippen molar-refractivity contribution >= 4 is 23.1 Å². The second-order valence-electron chi connectivity index (χ2n) is 17.3. The van der Waals surface area contributed by atoms with Gasteiger partial charge in [0.05, 0.1) is 0 Å². The Kier molecular flexibility index (Phi) is 7.18. The molecular weight excluding hydrogens is 576 g/mol. The van der Waals surface area contributed by atoms with Crippen molar-refractivity contribution in [1.82, 2.24) is 0 Å². The molecule has 0 spiro atoms. The fourth-order valence-corrected chi connectivity index (χ4v) is 10.8. The Morgan fingerprint density at radius 3 is 1.22 bits per heavy atom. The maximum atomic E-state index is 14.2. The second kappa shape index (κ2) is 10.1. The van der Waals surface area contributed by atoms with Crippen molar-refractivity contribution in [1.29, 1.82) is 0 Å². The van der Waals surface area contributed by atoms with Crippen molar-refractivity contribution in [2.24, 2.45) is 22.7 Å². The number of ketones is 4. The topological polar surface area (TPSA) is 109 Å². The van der Waals surface area contributed by atoms with Crippen LogP contribution < -0.4 is 0 Å². The number of hydrogen-bond acceptors (Lipinski definition) is 6. The molecule has 2 fully saturated rings. The van der Waals surface area contributed by atoms with Crippen LogP contribution in [0.3, 0.4) is 0 Å². The molecule has 0 amide bonds. The molecule has 0 aromatic heterocycles. The first kappa shape index (κ1) is 32.7. The van der Waals surface area contributed by atoms with Gasteiger partial charge in [-0.05, 0) is 82.7 Å². The lowest BCUT2D eigenvalue weighted by molar-refractivity contribution is -0.129. The minimum absolute atomic E-state index is 0.0303. The minimum atomic E-state index is -0.807. The summed E-state index contributed by atoms with van der Waals surface area (Å²) in [6.45, 7) is 20.0. The van der Waals surface area contributed by atoms with Crippen molar-refractivity contribution in [3.63, 3.8) is 0 Å². The van der Waals surface area contributed by atoms with E-state index in [-0.39, 0.29) is 34.5 Å². The molecule has 6 nitrogen and oxygen atoms in total. The third kappa shape index (κ3) is 4.13. The number of aromatic hydroxyl groups is 2. The summed E-state index contributed by atoms with van der Waals surface area (Å²) < 4.78 is 0. The number of carbonyl (C=O) groups is 4. The van der Waals surface area contributed by atoms with E-state index in [0.29, 0.717) is 46.2 Å². The maximum absolute atomic E-state index is 14.2. The van der Waals surface area contributed by atoms with Crippen LogP contribution in [0.5, 0.6) is 11.5 Å². The van der Waals surface area contributed by atoms with E-state index in [1.807, 2.05) is 69.2 Å². The Labute approximate surface area is 273 Å². The van der Waals surface area contributed by atoms with Crippen LogP contribution in [0.4, 0.5) is 0 Å². The van der Waals surface area contributed by atoms with Crippen LogP contribution in [0.15, 0.2) is 12.1 Å². The second-order valence-corrected chi connectivity index (χ2v) is 17.3. The van der Waals surface area contributed by atoms with Gasteiger partial charge in [0, 0.05) is 44.9 Å². The van der Waals surface area contributed by atoms with Gasteiger partial charge in [0.25, 0.3) is 0 Å². The van der Waals surface area contributed by atoms with Crippen molar-refractivity contribution in [3.8, 4) is 22.6 Å². The average molecular weight is 627 g/mol. The molecule has 2 aromatic carbocycles. The summed E-state index contributed by atoms with van der Waals surface area (Å²) >= 11 is 0. The van der Waals surface area contributed by atoms with E-state index in [4.69, 9.17) is 0 Å². The maximum Gasteiger partial charge on any atom is 0.229 e. The first-order valence-electron chi connectivity index (χ1n) is 17.2. The molecule has 0 aliphatic heterocycles. The molecule has 0 unspecified atom stereocenters. The molecule has 46 heavy (non-hydrogen) atoms. The summed E-state index contributed by atoms with van der Waals surface area (Å²) in [5.41, 5.74) is 0.946. The molecule has 0 heterocycles. The summed E-state index contributed by atoms with van der Waals surface area (Å²) in [5.74, 6) is -3.58. The Morgan fingerprint density at radius 1 is 0.587 bits per heavy atom. The SMILES string of the molecule is CC(C)c1cc2c(c(-c3c(O)c(C(C)C)cc4c3[C@@]3(C)CCCC(C)(C)[C@@H]3C(=O)C4=O)c1O)[C@@]1(C)CCCC(C)(C)[C@@H]1C(=O)C2=O. The molecule has 6 rings (SSSR count). The van der Waals surface area contributed by atoms with Crippen LogP contribution in [0.2, 0.25) is 0 Å². The van der Waals surface area contributed by atoms with Gasteiger partial charge in [-0.25, -0.2) is 0 Å². The molecule has 4 atom stereocenters. The Hall–Kier alpha value is -3.28. The van der Waals surface area contributed by atoms with Crippen molar-refractivity contribution in [2.75, 3.05) is 0 Å². The minimum Gasteiger partial charge on any atom is -0.507 e. The number of Topliss-reactive ketones (excluding diaryl/α,β-unsaturated/α-hetero) is 4. The Balaban J connectivity index is 1.86. The van der Waals surface area contributed by atoms with E-state index >= 15 is 0 Å². The molecule has 4 aliphatic rings. The molecular formula is C40H50O6. The molecule has 0 radical (unpaired) electrons. The third-order valence-electron chi connectivity index (χ3n) is 12.6. The summed E-state index contributed by atoms with van der Waals surface area (Å²) in [6, 6.07) is 3.39. The van der Waals surface area contributed by atoms with Crippen LogP contribution in [0, 0.1) is 22.7 Å². The van der Waals surface area contributed by atoms with E-state index in [2.05, 4.69) is 0 Å². The Morgan fingerprint density at radius 2 is 0.913 bits per heavy atom. The highest BCUT2D eigenvalue weighted by molar-refractivity contribution is 6.47. The Bertz CT molecular complexity index is 1610. The highest BCUT2D eigenvalue weighted by Gasteiger charge is 2.61. The summed E-state index contributed by atoms with van der Waals surface area (Å²) in [7, 11) is 0. The van der Waals surface area contributed by atoms with Gasteiger partial charge in [-0.15, -0.1) is 0 Å². The summed E-state index contributed by atoms with van der Waals surface area (Å²) in [4.78, 5) is 56.5. The van der Waals surface area contributed by atoms with Crippen molar-refractivity contribution < 1.29 is 29.4 Å². The number of rotatable bonds is 3.